The number of hydrogen-bond donors (Lipinski definition) is 2. The number of nitrogens with one attached hydrogen (secondary N) is 1. The topological polar surface area (TPSA) is 75.0 Å². The number of hydrazine groups is 1. The first-order chi connectivity index (χ1) is 9.21. The highest BCUT2D eigenvalue weighted by molar-refractivity contribution is 5.93. The third-order valence-electron chi connectivity index (χ3n) is 2.24. The fourth-order valence-electron chi connectivity index (χ4n) is 1.31. The van der Waals surface area contributed by atoms with Crippen LogP contribution in [-0.2, 0) is 12.1 Å². The van der Waals surface area contributed by atoms with E-state index in [0.29, 0.717) is 0 Å². The zero-order valence-corrected chi connectivity index (χ0v) is 9.90. The standard InChI is InChI=1S/C8H6F8N4O/c1-20(17)5(21)3-2(7(11,12)13)4(19-18-3)6(9,10)8(14,15)16/h17H2,1H3,(H,18,19). The van der Waals surface area contributed by atoms with Gasteiger partial charge in [-0.1, -0.05) is 0 Å². The number of H-pyrrole nitrogens is 1. The summed E-state index contributed by atoms with van der Waals surface area (Å²) >= 11 is 0. The van der Waals surface area contributed by atoms with Crippen molar-refractivity contribution in [3.63, 3.8) is 0 Å². The number of aromatic nitrogens is 2. The van der Waals surface area contributed by atoms with Crippen LogP contribution in [0.15, 0.2) is 0 Å². The number of hydrogen-bond acceptors (Lipinski definition) is 3. The number of rotatable bonds is 2. The Labute approximate surface area is 110 Å². The van der Waals surface area contributed by atoms with Gasteiger partial charge in [-0.05, 0) is 0 Å². The second kappa shape index (κ2) is 4.82. The van der Waals surface area contributed by atoms with E-state index in [1.54, 1.807) is 0 Å². The van der Waals surface area contributed by atoms with Crippen molar-refractivity contribution in [2.45, 2.75) is 18.3 Å². The Morgan fingerprint density at radius 1 is 1.14 bits per heavy atom. The van der Waals surface area contributed by atoms with E-state index in [4.69, 9.17) is 5.84 Å². The molecule has 0 aliphatic carbocycles. The minimum atomic E-state index is -6.31. The number of aromatic amines is 1. The second-order valence-electron chi connectivity index (χ2n) is 3.81. The first kappa shape index (κ1) is 17.1. The summed E-state index contributed by atoms with van der Waals surface area (Å²) in [6.07, 6.45) is -12.0. The van der Waals surface area contributed by atoms with E-state index in [-0.39, 0.29) is 5.01 Å². The van der Waals surface area contributed by atoms with Gasteiger partial charge in [-0.3, -0.25) is 14.9 Å². The van der Waals surface area contributed by atoms with Crippen molar-refractivity contribution in [2.24, 2.45) is 5.84 Å². The first-order valence-electron chi connectivity index (χ1n) is 4.84. The molecule has 0 radical (unpaired) electrons. The van der Waals surface area contributed by atoms with Crippen LogP contribution >= 0.6 is 0 Å². The molecule has 13 heteroatoms. The highest BCUT2D eigenvalue weighted by atomic mass is 19.4. The molecule has 21 heavy (non-hydrogen) atoms. The van der Waals surface area contributed by atoms with Crippen molar-refractivity contribution in [3.8, 4) is 0 Å². The van der Waals surface area contributed by atoms with Crippen molar-refractivity contribution < 1.29 is 39.9 Å². The summed E-state index contributed by atoms with van der Waals surface area (Å²) in [5.41, 5.74) is -6.79. The van der Waals surface area contributed by atoms with E-state index in [1.165, 1.54) is 0 Å². The van der Waals surface area contributed by atoms with E-state index in [1.807, 2.05) is 0 Å². The zero-order valence-electron chi connectivity index (χ0n) is 9.90. The monoisotopic (exact) mass is 326 g/mol. The molecule has 0 aliphatic rings. The minimum absolute atomic E-state index is 0.0565. The number of halogens is 8. The molecule has 1 aromatic heterocycles. The maximum atomic E-state index is 13.1. The lowest BCUT2D eigenvalue weighted by Crippen LogP contribution is -2.37. The van der Waals surface area contributed by atoms with E-state index < -0.39 is 41.1 Å². The van der Waals surface area contributed by atoms with Crippen LogP contribution in [0.4, 0.5) is 35.1 Å². The summed E-state index contributed by atoms with van der Waals surface area (Å²) in [5, 5.41) is 3.56. The molecule has 120 valence electrons. The molecule has 0 aromatic carbocycles. The third kappa shape index (κ3) is 2.91. The summed E-state index contributed by atoms with van der Waals surface area (Å²) in [7, 11) is 0.763. The normalized spacial score (nSPS) is 13.4. The van der Waals surface area contributed by atoms with Crippen molar-refractivity contribution in [2.75, 3.05) is 7.05 Å². The van der Waals surface area contributed by atoms with Gasteiger partial charge >= 0.3 is 18.3 Å². The van der Waals surface area contributed by atoms with Gasteiger partial charge in [0.1, 0.15) is 11.3 Å². The van der Waals surface area contributed by atoms with Crippen molar-refractivity contribution in [1.82, 2.24) is 15.2 Å². The average Bonchev–Trinajstić information content (AvgIpc) is 2.70. The average molecular weight is 326 g/mol. The number of nitrogens with two attached hydrogens (primary N) is 1. The molecule has 3 N–H and O–H groups in total. The Bertz CT molecular complexity index is 543. The second-order valence-corrected chi connectivity index (χ2v) is 3.81. The summed E-state index contributed by atoms with van der Waals surface area (Å²) in [5.74, 6) is -2.73. The molecule has 0 spiro atoms. The fraction of sp³-hybridized carbons (Fsp3) is 0.500. The Morgan fingerprint density at radius 3 is 1.95 bits per heavy atom. The SMILES string of the molecule is CN(N)C(=O)c1n[nH]c(C(F)(F)C(F)(F)F)c1C(F)(F)F. The highest BCUT2D eigenvalue weighted by Crippen LogP contribution is 2.48. The molecule has 0 fully saturated rings. The van der Waals surface area contributed by atoms with Gasteiger partial charge in [0.2, 0.25) is 0 Å². The Balaban J connectivity index is 3.61. The molecule has 1 amide bonds. The van der Waals surface area contributed by atoms with E-state index in [9.17, 15) is 39.9 Å². The van der Waals surface area contributed by atoms with Crippen molar-refractivity contribution >= 4 is 5.91 Å². The Hall–Kier alpha value is -1.92. The summed E-state index contributed by atoms with van der Waals surface area (Å²) in [4.78, 5) is 11.3. The maximum absolute atomic E-state index is 13.1. The summed E-state index contributed by atoms with van der Waals surface area (Å²) in [6, 6.07) is 0. The molecule has 0 aliphatic heterocycles. The molecule has 0 atom stereocenters. The van der Waals surface area contributed by atoms with Gasteiger partial charge in [-0.25, -0.2) is 5.84 Å². The predicted molar refractivity (Wildman–Crippen MR) is 49.8 cm³/mol. The highest BCUT2D eigenvalue weighted by Gasteiger charge is 2.63. The molecule has 0 unspecified atom stereocenters. The van der Waals surface area contributed by atoms with Gasteiger partial charge in [0.05, 0.1) is 0 Å². The fourth-order valence-corrected chi connectivity index (χ4v) is 1.31. The van der Waals surface area contributed by atoms with Crippen LogP contribution in [0.5, 0.6) is 0 Å². The van der Waals surface area contributed by atoms with E-state index in [2.05, 4.69) is 5.10 Å². The van der Waals surface area contributed by atoms with Gasteiger partial charge in [0.15, 0.2) is 5.69 Å². The summed E-state index contributed by atoms with van der Waals surface area (Å²) in [6.45, 7) is 0. The van der Waals surface area contributed by atoms with E-state index in [0.717, 1.165) is 12.1 Å². The van der Waals surface area contributed by atoms with Crippen LogP contribution < -0.4 is 5.84 Å². The molecule has 1 heterocycles. The number of nitrogens with zero attached hydrogens (tertiary/aromatic N) is 2. The first-order valence-corrected chi connectivity index (χ1v) is 4.84. The lowest BCUT2D eigenvalue weighted by atomic mass is 10.1. The van der Waals surface area contributed by atoms with Crippen molar-refractivity contribution in [3.05, 3.63) is 17.0 Å². The van der Waals surface area contributed by atoms with Gasteiger partial charge in [-0.15, -0.1) is 0 Å². The number of carbonyl (C=O) groups excluding carboxylic acids is 1. The van der Waals surface area contributed by atoms with Crippen molar-refractivity contribution in [1.29, 1.82) is 0 Å². The lowest BCUT2D eigenvalue weighted by molar-refractivity contribution is -0.292. The largest absolute Gasteiger partial charge is 0.459 e. The quantitative estimate of drug-likeness (QED) is 0.378. The number of carbonyl (C=O) groups is 1. The van der Waals surface area contributed by atoms with Gasteiger partial charge in [-0.2, -0.15) is 40.2 Å². The summed E-state index contributed by atoms with van der Waals surface area (Å²) < 4.78 is 101. The number of amides is 1. The zero-order chi connectivity index (χ0) is 16.8. The molecule has 0 saturated carbocycles. The molecule has 0 saturated heterocycles. The van der Waals surface area contributed by atoms with Crippen LogP contribution in [0.2, 0.25) is 0 Å². The molecular formula is C8H6F8N4O. The minimum Gasteiger partial charge on any atom is -0.278 e. The Kier molecular flexibility index (Phi) is 3.93. The van der Waals surface area contributed by atoms with Crippen LogP contribution in [0.25, 0.3) is 0 Å². The van der Waals surface area contributed by atoms with Crippen LogP contribution in [-0.4, -0.2) is 34.3 Å². The van der Waals surface area contributed by atoms with Crippen LogP contribution in [0.3, 0.4) is 0 Å². The molecule has 1 aromatic rings. The maximum Gasteiger partial charge on any atom is 0.459 e. The lowest BCUT2D eigenvalue weighted by Gasteiger charge is -2.20. The van der Waals surface area contributed by atoms with Crippen LogP contribution in [0.1, 0.15) is 21.7 Å². The van der Waals surface area contributed by atoms with Crippen LogP contribution in [0, 0.1) is 0 Å². The third-order valence-corrected chi connectivity index (χ3v) is 2.24. The molecular weight excluding hydrogens is 320 g/mol. The van der Waals surface area contributed by atoms with Gasteiger partial charge in [0, 0.05) is 7.05 Å². The molecule has 5 nitrogen and oxygen atoms in total. The molecule has 0 bridgehead atoms. The van der Waals surface area contributed by atoms with Gasteiger partial charge < -0.3 is 0 Å². The Morgan fingerprint density at radius 2 is 1.62 bits per heavy atom. The molecule has 1 rings (SSSR count). The predicted octanol–water partition coefficient (Wildman–Crippen LogP) is 2.03. The number of alkyl halides is 8. The van der Waals surface area contributed by atoms with E-state index >= 15 is 0 Å². The van der Waals surface area contributed by atoms with Gasteiger partial charge in [0.25, 0.3) is 5.91 Å². The smallest absolute Gasteiger partial charge is 0.278 e.